The molecule has 0 bridgehead atoms. The smallest absolute Gasteiger partial charge is 0.294 e. The quantitative estimate of drug-likeness (QED) is 0.365. The molecule has 88 valence electrons. The molecule has 16 heavy (non-hydrogen) atoms. The summed E-state index contributed by atoms with van der Waals surface area (Å²) in [5.74, 6) is 0. The molecule has 0 saturated heterocycles. The van der Waals surface area contributed by atoms with Crippen molar-refractivity contribution in [1.82, 2.24) is 0 Å². The first kappa shape index (κ1) is 12.7. The molecule has 0 atom stereocenters. The van der Waals surface area contributed by atoms with Gasteiger partial charge in [0.05, 0.1) is 10.6 Å². The van der Waals surface area contributed by atoms with E-state index in [2.05, 4.69) is 5.16 Å². The molecule has 1 aromatic rings. The molecule has 2 N–H and O–H groups in total. The van der Waals surface area contributed by atoms with Crippen molar-refractivity contribution in [3.8, 4) is 0 Å². The van der Waals surface area contributed by atoms with Gasteiger partial charge < -0.3 is 5.21 Å². The van der Waals surface area contributed by atoms with Crippen LogP contribution in [0.4, 0.5) is 0 Å². The zero-order chi connectivity index (χ0) is 12.2. The van der Waals surface area contributed by atoms with Crippen molar-refractivity contribution in [3.05, 3.63) is 29.8 Å². The minimum absolute atomic E-state index is 0.121. The summed E-state index contributed by atoms with van der Waals surface area (Å²) in [6.45, 7) is 1.70. The second kappa shape index (κ2) is 5.09. The lowest BCUT2D eigenvalue weighted by atomic mass is 10.1. The highest BCUT2D eigenvalue weighted by molar-refractivity contribution is 7.85. The summed E-state index contributed by atoms with van der Waals surface area (Å²) < 4.78 is 30.3. The molecule has 6 heteroatoms. The molecule has 0 aromatic heterocycles. The number of hydrogen-bond donors (Lipinski definition) is 2. The first-order chi connectivity index (χ1) is 7.43. The van der Waals surface area contributed by atoms with Crippen LogP contribution in [0, 0.1) is 0 Å². The highest BCUT2D eigenvalue weighted by Gasteiger charge is 2.08. The second-order valence-electron chi connectivity index (χ2n) is 3.45. The number of rotatable bonds is 4. The van der Waals surface area contributed by atoms with Gasteiger partial charge in [0.25, 0.3) is 10.1 Å². The largest absolute Gasteiger partial charge is 0.411 e. The van der Waals surface area contributed by atoms with Crippen molar-refractivity contribution in [2.24, 2.45) is 5.16 Å². The normalized spacial score (nSPS) is 12.8. The van der Waals surface area contributed by atoms with E-state index in [9.17, 15) is 8.42 Å². The van der Waals surface area contributed by atoms with E-state index in [1.54, 1.807) is 19.1 Å². The van der Waals surface area contributed by atoms with Crippen molar-refractivity contribution >= 4 is 15.8 Å². The van der Waals surface area contributed by atoms with Crippen molar-refractivity contribution in [2.45, 2.75) is 24.7 Å². The van der Waals surface area contributed by atoms with Gasteiger partial charge in [0.2, 0.25) is 0 Å². The summed E-state index contributed by atoms with van der Waals surface area (Å²) in [6, 6.07) is 5.92. The molecule has 5 nitrogen and oxygen atoms in total. The fourth-order valence-electron chi connectivity index (χ4n) is 1.20. The van der Waals surface area contributed by atoms with Gasteiger partial charge in [-0.1, -0.05) is 17.3 Å². The number of benzene rings is 1. The van der Waals surface area contributed by atoms with E-state index in [0.29, 0.717) is 18.6 Å². The van der Waals surface area contributed by atoms with Gasteiger partial charge in [0.15, 0.2) is 0 Å². The van der Waals surface area contributed by atoms with Gasteiger partial charge >= 0.3 is 0 Å². The molecule has 0 fully saturated rings. The van der Waals surface area contributed by atoms with Crippen LogP contribution in [0.3, 0.4) is 0 Å². The van der Waals surface area contributed by atoms with Crippen LogP contribution in [0.1, 0.15) is 18.9 Å². The van der Waals surface area contributed by atoms with Crippen molar-refractivity contribution in [3.63, 3.8) is 0 Å². The molecule has 0 aliphatic rings. The van der Waals surface area contributed by atoms with Crippen LogP contribution >= 0.6 is 0 Å². The topological polar surface area (TPSA) is 87.0 Å². The number of oxime groups is 1. The summed E-state index contributed by atoms with van der Waals surface area (Å²) in [5, 5.41) is 11.5. The Bertz CT molecular complexity index is 476. The van der Waals surface area contributed by atoms with E-state index in [4.69, 9.17) is 9.76 Å². The molecule has 0 spiro atoms. The number of nitrogens with zero attached hydrogens (tertiary/aromatic N) is 1. The zero-order valence-corrected chi connectivity index (χ0v) is 9.61. The first-order valence-electron chi connectivity index (χ1n) is 4.67. The molecular formula is C10H13NO4S. The van der Waals surface area contributed by atoms with Crippen LogP contribution in [0.25, 0.3) is 0 Å². The van der Waals surface area contributed by atoms with E-state index >= 15 is 0 Å². The maximum absolute atomic E-state index is 10.8. The van der Waals surface area contributed by atoms with Crippen LogP contribution in [-0.4, -0.2) is 23.9 Å². The minimum Gasteiger partial charge on any atom is -0.411 e. The van der Waals surface area contributed by atoms with Crippen LogP contribution in [0.5, 0.6) is 0 Å². The minimum atomic E-state index is -4.12. The zero-order valence-electron chi connectivity index (χ0n) is 8.79. The standard InChI is InChI=1S/C10H13NO4S/c1-8(11-12)2-3-9-4-6-10(7-5-9)16(13,14)15/h4-7,12H,2-3H2,1H3,(H,13,14,15). The van der Waals surface area contributed by atoms with Crippen molar-refractivity contribution in [1.29, 1.82) is 0 Å². The summed E-state index contributed by atoms with van der Waals surface area (Å²) in [6.07, 6.45) is 1.25. The molecular weight excluding hydrogens is 230 g/mol. The van der Waals surface area contributed by atoms with Crippen molar-refractivity contribution in [2.75, 3.05) is 0 Å². The summed E-state index contributed by atoms with van der Waals surface area (Å²) >= 11 is 0. The first-order valence-corrected chi connectivity index (χ1v) is 6.11. The van der Waals surface area contributed by atoms with Crippen LogP contribution in [0.2, 0.25) is 0 Å². The fraction of sp³-hybridized carbons (Fsp3) is 0.300. The van der Waals surface area contributed by atoms with E-state index < -0.39 is 10.1 Å². The monoisotopic (exact) mass is 243 g/mol. The predicted octanol–water partition coefficient (Wildman–Crippen LogP) is 1.72. The summed E-state index contributed by atoms with van der Waals surface area (Å²) in [5.41, 5.74) is 1.52. The van der Waals surface area contributed by atoms with Crippen LogP contribution in [0.15, 0.2) is 34.3 Å². The van der Waals surface area contributed by atoms with Crippen LogP contribution < -0.4 is 0 Å². The van der Waals surface area contributed by atoms with Gasteiger partial charge in [-0.2, -0.15) is 8.42 Å². The average Bonchev–Trinajstić information content (AvgIpc) is 2.25. The molecule has 0 amide bonds. The molecule has 0 aliphatic heterocycles. The van der Waals surface area contributed by atoms with E-state index in [1.807, 2.05) is 0 Å². The van der Waals surface area contributed by atoms with Gasteiger partial charge in [0, 0.05) is 0 Å². The highest BCUT2D eigenvalue weighted by Crippen LogP contribution is 2.11. The van der Waals surface area contributed by atoms with Gasteiger partial charge in [-0.15, -0.1) is 0 Å². The lowest BCUT2D eigenvalue weighted by Crippen LogP contribution is -1.99. The van der Waals surface area contributed by atoms with Gasteiger partial charge in [-0.05, 0) is 37.5 Å². The Labute approximate surface area is 94.2 Å². The van der Waals surface area contributed by atoms with Crippen molar-refractivity contribution < 1.29 is 18.2 Å². The Morgan fingerprint density at radius 2 is 1.88 bits per heavy atom. The Balaban J connectivity index is 2.73. The lowest BCUT2D eigenvalue weighted by molar-refractivity contribution is 0.317. The third kappa shape index (κ3) is 3.63. The maximum atomic E-state index is 10.8. The Kier molecular flexibility index (Phi) is 4.03. The van der Waals surface area contributed by atoms with E-state index in [1.165, 1.54) is 12.1 Å². The Morgan fingerprint density at radius 1 is 1.31 bits per heavy atom. The van der Waals surface area contributed by atoms with Gasteiger partial charge in [-0.3, -0.25) is 4.55 Å². The lowest BCUT2D eigenvalue weighted by Gasteiger charge is -2.01. The average molecular weight is 243 g/mol. The SMILES string of the molecule is CC(CCc1ccc(S(=O)(=O)O)cc1)=NO. The Morgan fingerprint density at radius 3 is 2.31 bits per heavy atom. The maximum Gasteiger partial charge on any atom is 0.294 e. The molecule has 0 unspecified atom stereocenters. The van der Waals surface area contributed by atoms with E-state index in [0.717, 1.165) is 5.56 Å². The fourth-order valence-corrected chi connectivity index (χ4v) is 1.68. The predicted molar refractivity (Wildman–Crippen MR) is 59.5 cm³/mol. The van der Waals surface area contributed by atoms with Crippen LogP contribution in [-0.2, 0) is 16.5 Å². The second-order valence-corrected chi connectivity index (χ2v) is 4.88. The third-order valence-electron chi connectivity index (χ3n) is 2.17. The van der Waals surface area contributed by atoms with Gasteiger partial charge in [-0.25, -0.2) is 0 Å². The molecule has 0 aliphatic carbocycles. The summed E-state index contributed by atoms with van der Waals surface area (Å²) in [4.78, 5) is -0.121. The molecule has 0 radical (unpaired) electrons. The van der Waals surface area contributed by atoms with E-state index in [-0.39, 0.29) is 4.90 Å². The molecule has 0 saturated carbocycles. The number of aryl methyl sites for hydroxylation is 1. The summed E-state index contributed by atoms with van der Waals surface area (Å²) in [7, 11) is -4.12. The Hall–Kier alpha value is -1.40. The van der Waals surface area contributed by atoms with Gasteiger partial charge in [0.1, 0.15) is 0 Å². The molecule has 1 rings (SSSR count). The third-order valence-corrected chi connectivity index (χ3v) is 3.04. The molecule has 0 heterocycles. The highest BCUT2D eigenvalue weighted by atomic mass is 32.2. The molecule has 1 aromatic carbocycles. The number of hydrogen-bond acceptors (Lipinski definition) is 4.